The maximum atomic E-state index is 12.2. The number of hydrogen-bond acceptors (Lipinski definition) is 5. The predicted octanol–water partition coefficient (Wildman–Crippen LogP) is 2.15. The van der Waals surface area contributed by atoms with Gasteiger partial charge in [-0.15, -0.1) is 0 Å². The fourth-order valence-corrected chi connectivity index (χ4v) is 3.57. The Labute approximate surface area is 132 Å². The van der Waals surface area contributed by atoms with Crippen LogP contribution in [0.25, 0.3) is 11.3 Å². The van der Waals surface area contributed by atoms with Crippen molar-refractivity contribution in [2.24, 2.45) is 0 Å². The molecule has 1 saturated heterocycles. The van der Waals surface area contributed by atoms with E-state index in [0.29, 0.717) is 16.1 Å². The van der Waals surface area contributed by atoms with Gasteiger partial charge in [0.25, 0.3) is 5.56 Å². The molecule has 5 nitrogen and oxygen atoms in total. The second-order valence-electron chi connectivity index (χ2n) is 5.14. The molecular weight excluding hydrogens is 296 g/mol. The number of thioether (sulfide) groups is 1. The van der Waals surface area contributed by atoms with Gasteiger partial charge in [0.05, 0.1) is 5.69 Å². The molecule has 0 spiro atoms. The van der Waals surface area contributed by atoms with Crippen molar-refractivity contribution in [3.05, 3.63) is 46.2 Å². The first-order valence-corrected chi connectivity index (χ1v) is 8.13. The van der Waals surface area contributed by atoms with E-state index < -0.39 is 0 Å². The molecule has 0 radical (unpaired) electrons. The molecule has 1 aromatic carbocycles. The highest BCUT2D eigenvalue weighted by Gasteiger charge is 2.18. The number of piperidine rings is 1. The second kappa shape index (κ2) is 6.77. The molecule has 0 atom stereocenters. The first kappa shape index (κ1) is 14.8. The van der Waals surface area contributed by atoms with Crippen LogP contribution in [0.15, 0.2) is 40.3 Å². The summed E-state index contributed by atoms with van der Waals surface area (Å²) in [7, 11) is 0. The summed E-state index contributed by atoms with van der Waals surface area (Å²) in [6.45, 7) is 1.98. The van der Waals surface area contributed by atoms with E-state index in [4.69, 9.17) is 0 Å². The molecule has 0 bridgehead atoms. The molecule has 6 heteroatoms. The molecule has 112 valence electrons. The fourth-order valence-electron chi connectivity index (χ4n) is 2.49. The van der Waals surface area contributed by atoms with Crippen molar-refractivity contribution in [2.75, 3.05) is 13.1 Å². The standard InChI is InChI=1S/C16H16N4OS/c17-10-13-14(11-4-2-1-3-5-11)19-16(20-15(13)21)22-12-6-8-18-9-7-12/h1-5,12,18H,6-9H2,(H,19,20,21). The third-order valence-corrected chi connectivity index (χ3v) is 4.84. The third-order valence-electron chi connectivity index (χ3n) is 3.62. The minimum Gasteiger partial charge on any atom is -0.317 e. The smallest absolute Gasteiger partial charge is 0.270 e. The molecule has 1 fully saturated rings. The largest absolute Gasteiger partial charge is 0.317 e. The van der Waals surface area contributed by atoms with Crippen LogP contribution in [0, 0.1) is 11.3 Å². The summed E-state index contributed by atoms with van der Waals surface area (Å²) >= 11 is 1.59. The van der Waals surface area contributed by atoms with E-state index in [9.17, 15) is 10.1 Å². The molecule has 22 heavy (non-hydrogen) atoms. The summed E-state index contributed by atoms with van der Waals surface area (Å²) in [6.07, 6.45) is 2.10. The zero-order chi connectivity index (χ0) is 15.4. The van der Waals surface area contributed by atoms with Crippen LogP contribution in [0.5, 0.6) is 0 Å². The Hall–Kier alpha value is -2.10. The molecule has 1 aliphatic rings. The Morgan fingerprint density at radius 3 is 2.64 bits per heavy atom. The number of rotatable bonds is 3. The van der Waals surface area contributed by atoms with E-state index in [1.165, 1.54) is 0 Å². The van der Waals surface area contributed by atoms with Crippen molar-refractivity contribution < 1.29 is 0 Å². The van der Waals surface area contributed by atoms with Crippen molar-refractivity contribution in [2.45, 2.75) is 23.2 Å². The molecule has 0 unspecified atom stereocenters. The lowest BCUT2D eigenvalue weighted by Gasteiger charge is -2.21. The van der Waals surface area contributed by atoms with Gasteiger partial charge in [-0.05, 0) is 25.9 Å². The molecule has 1 aromatic heterocycles. The molecule has 3 rings (SSSR count). The molecule has 0 aliphatic carbocycles. The van der Waals surface area contributed by atoms with Crippen LogP contribution >= 0.6 is 11.8 Å². The highest BCUT2D eigenvalue weighted by Crippen LogP contribution is 2.27. The predicted molar refractivity (Wildman–Crippen MR) is 86.8 cm³/mol. The summed E-state index contributed by atoms with van der Waals surface area (Å²) in [6, 6.07) is 11.3. The van der Waals surface area contributed by atoms with Crippen molar-refractivity contribution in [3.63, 3.8) is 0 Å². The monoisotopic (exact) mass is 312 g/mol. The van der Waals surface area contributed by atoms with Crippen LogP contribution in [-0.4, -0.2) is 28.3 Å². The fraction of sp³-hybridized carbons (Fsp3) is 0.312. The van der Waals surface area contributed by atoms with Crippen LogP contribution < -0.4 is 10.9 Å². The Balaban J connectivity index is 1.98. The molecule has 2 aromatic rings. The van der Waals surface area contributed by atoms with E-state index in [0.717, 1.165) is 31.5 Å². The number of hydrogen-bond donors (Lipinski definition) is 2. The number of nitriles is 1. The van der Waals surface area contributed by atoms with E-state index in [2.05, 4.69) is 15.3 Å². The number of nitrogens with one attached hydrogen (secondary N) is 2. The van der Waals surface area contributed by atoms with Crippen LogP contribution in [-0.2, 0) is 0 Å². The zero-order valence-electron chi connectivity index (χ0n) is 12.0. The molecular formula is C16H16N4OS. The molecule has 2 N–H and O–H groups in total. The first-order valence-electron chi connectivity index (χ1n) is 7.25. The number of benzene rings is 1. The Kier molecular flexibility index (Phi) is 4.56. The summed E-state index contributed by atoms with van der Waals surface area (Å²) in [4.78, 5) is 19.4. The minimum atomic E-state index is -0.368. The number of nitrogens with zero attached hydrogens (tertiary/aromatic N) is 2. The van der Waals surface area contributed by atoms with Crippen LogP contribution in [0.2, 0.25) is 0 Å². The average molecular weight is 312 g/mol. The van der Waals surface area contributed by atoms with Gasteiger partial charge in [-0.1, -0.05) is 42.1 Å². The van der Waals surface area contributed by atoms with Gasteiger partial charge in [-0.25, -0.2) is 4.98 Å². The highest BCUT2D eigenvalue weighted by molar-refractivity contribution is 7.99. The highest BCUT2D eigenvalue weighted by atomic mass is 32.2. The molecule has 0 amide bonds. The Morgan fingerprint density at radius 2 is 1.95 bits per heavy atom. The maximum Gasteiger partial charge on any atom is 0.270 e. The lowest BCUT2D eigenvalue weighted by atomic mass is 10.1. The van der Waals surface area contributed by atoms with Gasteiger partial charge in [0.2, 0.25) is 0 Å². The number of H-pyrrole nitrogens is 1. The van der Waals surface area contributed by atoms with Gasteiger partial charge in [-0.3, -0.25) is 4.79 Å². The van der Waals surface area contributed by atoms with Crippen molar-refractivity contribution >= 4 is 11.8 Å². The SMILES string of the molecule is N#Cc1c(-c2ccccc2)nc(SC2CCNCC2)[nH]c1=O. The summed E-state index contributed by atoms with van der Waals surface area (Å²) in [5, 5.41) is 13.6. The summed E-state index contributed by atoms with van der Waals surface area (Å²) < 4.78 is 0. The van der Waals surface area contributed by atoms with E-state index in [1.807, 2.05) is 36.4 Å². The normalized spacial score (nSPS) is 15.4. The van der Waals surface area contributed by atoms with Crippen molar-refractivity contribution in [3.8, 4) is 17.3 Å². The van der Waals surface area contributed by atoms with E-state index in [1.54, 1.807) is 11.8 Å². The number of aromatic amines is 1. The zero-order valence-corrected chi connectivity index (χ0v) is 12.8. The second-order valence-corrected chi connectivity index (χ2v) is 6.43. The summed E-state index contributed by atoms with van der Waals surface area (Å²) in [5.74, 6) is 0. The van der Waals surface area contributed by atoms with E-state index >= 15 is 0 Å². The topological polar surface area (TPSA) is 81.6 Å². The third kappa shape index (κ3) is 3.21. The number of aromatic nitrogens is 2. The quantitative estimate of drug-likeness (QED) is 0.849. The summed E-state index contributed by atoms with van der Waals surface area (Å²) in [5.41, 5.74) is 0.953. The Morgan fingerprint density at radius 1 is 1.23 bits per heavy atom. The van der Waals surface area contributed by atoms with Gasteiger partial charge >= 0.3 is 0 Å². The lowest BCUT2D eigenvalue weighted by Crippen LogP contribution is -2.29. The van der Waals surface area contributed by atoms with Crippen LogP contribution in [0.1, 0.15) is 18.4 Å². The average Bonchev–Trinajstić information content (AvgIpc) is 2.56. The van der Waals surface area contributed by atoms with Gasteiger partial charge in [0.1, 0.15) is 11.6 Å². The van der Waals surface area contributed by atoms with Gasteiger partial charge in [0.15, 0.2) is 5.16 Å². The van der Waals surface area contributed by atoms with Crippen molar-refractivity contribution in [1.29, 1.82) is 5.26 Å². The first-order chi connectivity index (χ1) is 10.8. The molecule has 0 saturated carbocycles. The van der Waals surface area contributed by atoms with E-state index in [-0.39, 0.29) is 11.1 Å². The van der Waals surface area contributed by atoms with Crippen molar-refractivity contribution in [1.82, 2.24) is 15.3 Å². The maximum absolute atomic E-state index is 12.2. The van der Waals surface area contributed by atoms with Crippen LogP contribution in [0.4, 0.5) is 0 Å². The van der Waals surface area contributed by atoms with Gasteiger partial charge in [-0.2, -0.15) is 5.26 Å². The van der Waals surface area contributed by atoms with Gasteiger partial charge < -0.3 is 10.3 Å². The van der Waals surface area contributed by atoms with Gasteiger partial charge in [0, 0.05) is 10.8 Å². The molecule has 2 heterocycles. The Bertz CT molecular complexity index is 745. The molecule has 1 aliphatic heterocycles. The lowest BCUT2D eigenvalue weighted by molar-refractivity contribution is 0.530. The minimum absolute atomic E-state index is 0.0702. The van der Waals surface area contributed by atoms with Crippen LogP contribution in [0.3, 0.4) is 0 Å².